The van der Waals surface area contributed by atoms with Gasteiger partial charge in [0.2, 0.25) is 11.8 Å². The highest BCUT2D eigenvalue weighted by Gasteiger charge is 2.24. The Morgan fingerprint density at radius 2 is 1.69 bits per heavy atom. The van der Waals surface area contributed by atoms with Gasteiger partial charge in [-0.05, 0) is 19.1 Å². The molecule has 158 valence electrons. The summed E-state index contributed by atoms with van der Waals surface area (Å²) < 4.78 is 31.6. The maximum absolute atomic E-state index is 13.6. The first kappa shape index (κ1) is 22.3. The molecule has 1 N–H and O–H groups in total. The van der Waals surface area contributed by atoms with Gasteiger partial charge in [0.05, 0.1) is 12.1 Å². The fourth-order valence-corrected chi connectivity index (χ4v) is 2.78. The number of hydrogen-bond donors (Lipinski definition) is 1. The fraction of sp³-hybridized carbons (Fsp3) is 0.474. The molecule has 1 aromatic rings. The van der Waals surface area contributed by atoms with Crippen molar-refractivity contribution >= 4 is 29.4 Å². The van der Waals surface area contributed by atoms with Gasteiger partial charge < -0.3 is 19.9 Å². The van der Waals surface area contributed by atoms with Gasteiger partial charge in [0.25, 0.3) is 5.91 Å². The molecule has 0 bridgehead atoms. The Labute approximate surface area is 166 Å². The Hall–Kier alpha value is -3.04. The van der Waals surface area contributed by atoms with Gasteiger partial charge in [-0.2, -0.15) is 0 Å². The standard InChI is InChI=1S/C19H23F2N3O5/c1-12(19(28)22-16-11-14(20)3-4-15(16)21)29-18(27)6-5-17(26)24-9-7-23(8-10-24)13(2)25/h3-4,11-12H,5-10H2,1-2H3,(H,22,28)/t12-/m1/s1. The van der Waals surface area contributed by atoms with Crippen molar-refractivity contribution in [1.82, 2.24) is 9.80 Å². The number of carbonyl (C=O) groups is 4. The second-order valence-electron chi connectivity index (χ2n) is 6.63. The van der Waals surface area contributed by atoms with Crippen molar-refractivity contribution in [2.75, 3.05) is 31.5 Å². The first-order valence-electron chi connectivity index (χ1n) is 9.16. The molecule has 0 unspecified atom stereocenters. The summed E-state index contributed by atoms with van der Waals surface area (Å²) in [5.74, 6) is -3.43. The number of benzene rings is 1. The van der Waals surface area contributed by atoms with E-state index in [1.807, 2.05) is 0 Å². The second kappa shape index (κ2) is 9.94. The molecule has 3 amide bonds. The number of halogens is 2. The zero-order valence-corrected chi connectivity index (χ0v) is 16.2. The number of rotatable bonds is 6. The maximum atomic E-state index is 13.6. The summed E-state index contributed by atoms with van der Waals surface area (Å²) in [7, 11) is 0. The Bertz CT molecular complexity index is 794. The Morgan fingerprint density at radius 3 is 2.31 bits per heavy atom. The topological polar surface area (TPSA) is 96.0 Å². The van der Waals surface area contributed by atoms with Crippen LogP contribution in [-0.2, 0) is 23.9 Å². The van der Waals surface area contributed by atoms with E-state index in [1.165, 1.54) is 13.8 Å². The number of piperazine rings is 1. The number of carbonyl (C=O) groups excluding carboxylic acids is 4. The summed E-state index contributed by atoms with van der Waals surface area (Å²) >= 11 is 0. The Balaban J connectivity index is 1.75. The van der Waals surface area contributed by atoms with E-state index in [1.54, 1.807) is 9.80 Å². The molecule has 0 radical (unpaired) electrons. The quantitative estimate of drug-likeness (QED) is 0.712. The molecule has 8 nitrogen and oxygen atoms in total. The molecule has 0 aliphatic carbocycles. The van der Waals surface area contributed by atoms with E-state index in [9.17, 15) is 28.0 Å². The van der Waals surface area contributed by atoms with E-state index in [4.69, 9.17) is 4.74 Å². The van der Waals surface area contributed by atoms with Gasteiger partial charge in [-0.15, -0.1) is 0 Å². The smallest absolute Gasteiger partial charge is 0.307 e. The average Bonchev–Trinajstić information content (AvgIpc) is 2.68. The van der Waals surface area contributed by atoms with Crippen LogP contribution in [0.15, 0.2) is 18.2 Å². The van der Waals surface area contributed by atoms with Crippen LogP contribution in [0.25, 0.3) is 0 Å². The van der Waals surface area contributed by atoms with Crippen molar-refractivity contribution in [3.8, 4) is 0 Å². The predicted octanol–water partition coefficient (Wildman–Crippen LogP) is 1.31. The molecule has 1 aromatic carbocycles. The lowest BCUT2D eigenvalue weighted by Crippen LogP contribution is -2.50. The van der Waals surface area contributed by atoms with Crippen molar-refractivity contribution in [1.29, 1.82) is 0 Å². The molecule has 1 fully saturated rings. The van der Waals surface area contributed by atoms with Gasteiger partial charge in [0.1, 0.15) is 11.6 Å². The molecule has 2 rings (SSSR count). The number of anilines is 1. The lowest BCUT2D eigenvalue weighted by Gasteiger charge is -2.34. The van der Waals surface area contributed by atoms with Crippen LogP contribution >= 0.6 is 0 Å². The van der Waals surface area contributed by atoms with Gasteiger partial charge in [-0.1, -0.05) is 0 Å². The molecule has 1 aliphatic rings. The van der Waals surface area contributed by atoms with Crippen LogP contribution < -0.4 is 5.32 Å². The van der Waals surface area contributed by atoms with Crippen molar-refractivity contribution in [2.24, 2.45) is 0 Å². The van der Waals surface area contributed by atoms with E-state index in [2.05, 4.69) is 5.32 Å². The lowest BCUT2D eigenvalue weighted by atomic mass is 10.2. The third-order valence-electron chi connectivity index (χ3n) is 4.48. The minimum absolute atomic E-state index is 0.0499. The molecule has 0 saturated carbocycles. The largest absolute Gasteiger partial charge is 0.453 e. The number of amides is 3. The highest BCUT2D eigenvalue weighted by Crippen LogP contribution is 2.16. The second-order valence-corrected chi connectivity index (χ2v) is 6.63. The van der Waals surface area contributed by atoms with Gasteiger partial charge in [0.15, 0.2) is 6.10 Å². The van der Waals surface area contributed by atoms with Crippen molar-refractivity contribution < 1.29 is 32.7 Å². The van der Waals surface area contributed by atoms with Gasteiger partial charge in [-0.25, -0.2) is 8.78 Å². The minimum atomic E-state index is -1.25. The van der Waals surface area contributed by atoms with Crippen LogP contribution in [0.4, 0.5) is 14.5 Å². The van der Waals surface area contributed by atoms with E-state index in [-0.39, 0.29) is 30.3 Å². The van der Waals surface area contributed by atoms with Gasteiger partial charge >= 0.3 is 5.97 Å². The van der Waals surface area contributed by atoms with Crippen LogP contribution in [0.2, 0.25) is 0 Å². The summed E-state index contributed by atoms with van der Waals surface area (Å²) in [4.78, 5) is 50.6. The third-order valence-corrected chi connectivity index (χ3v) is 4.48. The molecular weight excluding hydrogens is 388 g/mol. The first-order valence-corrected chi connectivity index (χ1v) is 9.16. The minimum Gasteiger partial charge on any atom is -0.453 e. The highest BCUT2D eigenvalue weighted by atomic mass is 19.1. The molecule has 0 spiro atoms. The van der Waals surface area contributed by atoms with Crippen LogP contribution in [0.5, 0.6) is 0 Å². The van der Waals surface area contributed by atoms with Crippen LogP contribution in [-0.4, -0.2) is 65.8 Å². The van der Waals surface area contributed by atoms with E-state index in [0.717, 1.165) is 18.2 Å². The number of ether oxygens (including phenoxy) is 1. The summed E-state index contributed by atoms with van der Waals surface area (Å²) in [6.45, 7) is 4.43. The predicted molar refractivity (Wildman–Crippen MR) is 98.6 cm³/mol. The molecular formula is C19H23F2N3O5. The summed E-state index contributed by atoms with van der Waals surface area (Å²) in [6, 6.07) is 2.58. The van der Waals surface area contributed by atoms with Crippen molar-refractivity contribution in [3.63, 3.8) is 0 Å². The third kappa shape index (κ3) is 6.51. The van der Waals surface area contributed by atoms with Crippen LogP contribution in [0.1, 0.15) is 26.7 Å². The zero-order chi connectivity index (χ0) is 21.6. The van der Waals surface area contributed by atoms with Crippen molar-refractivity contribution in [2.45, 2.75) is 32.8 Å². The fourth-order valence-electron chi connectivity index (χ4n) is 2.78. The maximum Gasteiger partial charge on any atom is 0.307 e. The molecule has 1 saturated heterocycles. The molecule has 10 heteroatoms. The first-order chi connectivity index (χ1) is 13.7. The molecule has 1 aliphatic heterocycles. The van der Waals surface area contributed by atoms with E-state index in [0.29, 0.717) is 26.2 Å². The SMILES string of the molecule is CC(=O)N1CCN(C(=O)CCC(=O)O[C@H](C)C(=O)Nc2cc(F)ccc2F)CC1. The Kier molecular flexibility index (Phi) is 7.63. The Morgan fingerprint density at radius 1 is 1.07 bits per heavy atom. The zero-order valence-electron chi connectivity index (χ0n) is 16.2. The average molecular weight is 411 g/mol. The van der Waals surface area contributed by atoms with E-state index >= 15 is 0 Å². The molecule has 1 heterocycles. The normalized spacial score (nSPS) is 14.9. The number of esters is 1. The monoisotopic (exact) mass is 411 g/mol. The molecule has 29 heavy (non-hydrogen) atoms. The summed E-state index contributed by atoms with van der Waals surface area (Å²) in [6.07, 6.45) is -1.57. The van der Waals surface area contributed by atoms with Crippen LogP contribution in [0, 0.1) is 11.6 Å². The van der Waals surface area contributed by atoms with Gasteiger partial charge in [0, 0.05) is 45.6 Å². The summed E-state index contributed by atoms with van der Waals surface area (Å²) in [5, 5.41) is 2.15. The van der Waals surface area contributed by atoms with Crippen molar-refractivity contribution in [3.05, 3.63) is 29.8 Å². The number of hydrogen-bond acceptors (Lipinski definition) is 5. The number of nitrogens with one attached hydrogen (secondary N) is 1. The molecule has 0 aromatic heterocycles. The molecule has 1 atom stereocenters. The van der Waals surface area contributed by atoms with E-state index < -0.39 is 29.6 Å². The van der Waals surface area contributed by atoms with Gasteiger partial charge in [-0.3, -0.25) is 19.2 Å². The van der Waals surface area contributed by atoms with Crippen LogP contribution in [0.3, 0.4) is 0 Å². The number of nitrogens with zero attached hydrogens (tertiary/aromatic N) is 2. The summed E-state index contributed by atoms with van der Waals surface area (Å²) in [5.41, 5.74) is -0.363. The lowest BCUT2D eigenvalue weighted by molar-refractivity contribution is -0.154. The highest BCUT2D eigenvalue weighted by molar-refractivity contribution is 5.95.